The molecule has 2 amide bonds. The number of aromatic nitrogens is 1. The lowest BCUT2D eigenvalue weighted by atomic mass is 10.0. The van der Waals surface area contributed by atoms with Gasteiger partial charge in [-0.15, -0.1) is 11.3 Å². The quantitative estimate of drug-likeness (QED) is 0.842. The third-order valence-electron chi connectivity index (χ3n) is 3.89. The van der Waals surface area contributed by atoms with Gasteiger partial charge < -0.3 is 15.3 Å². The Kier molecular flexibility index (Phi) is 5.35. The molecule has 0 radical (unpaired) electrons. The Hall–Kier alpha value is -1.96. The smallest absolute Gasteiger partial charge is 0.326 e. The van der Waals surface area contributed by atoms with Crippen LogP contribution in [0.1, 0.15) is 42.2 Å². The van der Waals surface area contributed by atoms with Gasteiger partial charge in [-0.2, -0.15) is 0 Å². The van der Waals surface area contributed by atoms with Gasteiger partial charge in [-0.3, -0.25) is 9.59 Å². The van der Waals surface area contributed by atoms with E-state index in [1.54, 1.807) is 12.3 Å². The zero-order valence-corrected chi connectivity index (χ0v) is 14.2. The topological polar surface area (TPSA) is 99.6 Å². The molecule has 1 aromatic rings. The van der Waals surface area contributed by atoms with Crippen LogP contribution in [-0.4, -0.2) is 51.4 Å². The molecule has 0 bridgehead atoms. The molecular weight excluding hydrogens is 318 g/mol. The van der Waals surface area contributed by atoms with Crippen molar-refractivity contribution in [2.45, 2.75) is 45.7 Å². The van der Waals surface area contributed by atoms with Gasteiger partial charge in [0, 0.05) is 11.9 Å². The van der Waals surface area contributed by atoms with Crippen LogP contribution < -0.4 is 5.32 Å². The van der Waals surface area contributed by atoms with Crippen LogP contribution in [0.4, 0.5) is 0 Å². The fourth-order valence-electron chi connectivity index (χ4n) is 2.66. The second kappa shape index (κ2) is 7.08. The molecule has 0 aliphatic carbocycles. The van der Waals surface area contributed by atoms with E-state index in [1.165, 1.54) is 16.2 Å². The monoisotopic (exact) mass is 339 g/mol. The second-order valence-corrected chi connectivity index (χ2v) is 7.04. The number of hydrogen-bond acceptors (Lipinski definition) is 5. The van der Waals surface area contributed by atoms with Crippen molar-refractivity contribution in [3.63, 3.8) is 0 Å². The summed E-state index contributed by atoms with van der Waals surface area (Å²) in [7, 11) is 0. The zero-order chi connectivity index (χ0) is 17.1. The van der Waals surface area contributed by atoms with Crippen LogP contribution in [0.15, 0.2) is 5.38 Å². The Morgan fingerprint density at radius 1 is 1.43 bits per heavy atom. The number of carbonyl (C=O) groups is 3. The third kappa shape index (κ3) is 3.87. The molecule has 1 unspecified atom stereocenters. The first-order chi connectivity index (χ1) is 10.8. The highest BCUT2D eigenvalue weighted by atomic mass is 32.1. The minimum Gasteiger partial charge on any atom is -0.480 e. The van der Waals surface area contributed by atoms with E-state index in [2.05, 4.69) is 10.3 Å². The number of nitrogens with one attached hydrogen (secondary N) is 1. The molecule has 8 heteroatoms. The van der Waals surface area contributed by atoms with Gasteiger partial charge in [0.25, 0.3) is 5.91 Å². The van der Waals surface area contributed by atoms with Gasteiger partial charge in [0.05, 0.1) is 5.01 Å². The van der Waals surface area contributed by atoms with E-state index in [0.717, 1.165) is 5.01 Å². The molecule has 0 spiro atoms. The highest BCUT2D eigenvalue weighted by Crippen LogP contribution is 2.20. The predicted molar refractivity (Wildman–Crippen MR) is 85.3 cm³/mol. The average Bonchev–Trinajstić information content (AvgIpc) is 3.11. The van der Waals surface area contributed by atoms with Crippen LogP contribution in [0.5, 0.6) is 0 Å². The van der Waals surface area contributed by atoms with Crippen molar-refractivity contribution >= 4 is 29.1 Å². The molecule has 1 aliphatic heterocycles. The van der Waals surface area contributed by atoms with Crippen LogP contribution in [0.25, 0.3) is 0 Å². The molecule has 2 heterocycles. The van der Waals surface area contributed by atoms with Crippen molar-refractivity contribution in [1.29, 1.82) is 0 Å². The lowest BCUT2D eigenvalue weighted by molar-refractivity contribution is -0.149. The van der Waals surface area contributed by atoms with E-state index in [-0.39, 0.29) is 17.5 Å². The first-order valence-corrected chi connectivity index (χ1v) is 8.45. The summed E-state index contributed by atoms with van der Waals surface area (Å²) >= 11 is 1.36. The fourth-order valence-corrected chi connectivity index (χ4v) is 3.26. The zero-order valence-electron chi connectivity index (χ0n) is 13.4. The lowest BCUT2D eigenvalue weighted by Crippen LogP contribution is -2.53. The molecule has 7 nitrogen and oxygen atoms in total. The number of amides is 2. The SMILES string of the molecule is Cc1nc(C(=O)NC(C(=O)N2CCC[C@H]2C(=O)O)C(C)C)cs1. The van der Waals surface area contributed by atoms with Gasteiger partial charge in [0.15, 0.2) is 0 Å². The molecule has 1 saturated heterocycles. The van der Waals surface area contributed by atoms with Crippen LogP contribution in [-0.2, 0) is 9.59 Å². The summed E-state index contributed by atoms with van der Waals surface area (Å²) < 4.78 is 0. The summed E-state index contributed by atoms with van der Waals surface area (Å²) in [6, 6.07) is -1.56. The molecule has 126 valence electrons. The second-order valence-electron chi connectivity index (χ2n) is 5.97. The third-order valence-corrected chi connectivity index (χ3v) is 4.67. The Morgan fingerprint density at radius 3 is 2.65 bits per heavy atom. The van der Waals surface area contributed by atoms with E-state index in [1.807, 2.05) is 13.8 Å². The van der Waals surface area contributed by atoms with E-state index < -0.39 is 24.0 Å². The number of aryl methyl sites for hydroxylation is 1. The van der Waals surface area contributed by atoms with Crippen LogP contribution in [0.3, 0.4) is 0 Å². The molecule has 2 atom stereocenters. The molecule has 1 fully saturated rings. The van der Waals surface area contributed by atoms with Crippen LogP contribution in [0, 0.1) is 12.8 Å². The highest BCUT2D eigenvalue weighted by molar-refractivity contribution is 7.09. The maximum absolute atomic E-state index is 12.7. The number of rotatable bonds is 5. The summed E-state index contributed by atoms with van der Waals surface area (Å²) in [5, 5.41) is 14.3. The molecule has 23 heavy (non-hydrogen) atoms. The van der Waals surface area contributed by atoms with Gasteiger partial charge >= 0.3 is 5.97 Å². The Bertz CT molecular complexity index is 614. The summed E-state index contributed by atoms with van der Waals surface area (Å²) in [5.41, 5.74) is 0.280. The Morgan fingerprint density at radius 2 is 2.13 bits per heavy atom. The number of aliphatic carboxylic acids is 1. The van der Waals surface area contributed by atoms with Crippen molar-refractivity contribution in [1.82, 2.24) is 15.2 Å². The van der Waals surface area contributed by atoms with Crippen molar-refractivity contribution < 1.29 is 19.5 Å². The number of carboxylic acids is 1. The highest BCUT2D eigenvalue weighted by Gasteiger charge is 2.38. The lowest BCUT2D eigenvalue weighted by Gasteiger charge is -2.29. The van der Waals surface area contributed by atoms with Crippen molar-refractivity contribution in [2.75, 3.05) is 6.54 Å². The minimum absolute atomic E-state index is 0.152. The number of nitrogens with zero attached hydrogens (tertiary/aromatic N) is 2. The minimum atomic E-state index is -1.00. The van der Waals surface area contributed by atoms with Gasteiger partial charge in [-0.25, -0.2) is 9.78 Å². The van der Waals surface area contributed by atoms with Crippen molar-refractivity contribution in [2.24, 2.45) is 5.92 Å². The van der Waals surface area contributed by atoms with Crippen LogP contribution >= 0.6 is 11.3 Å². The van der Waals surface area contributed by atoms with E-state index in [9.17, 15) is 19.5 Å². The average molecular weight is 339 g/mol. The first-order valence-electron chi connectivity index (χ1n) is 7.57. The van der Waals surface area contributed by atoms with Gasteiger partial charge in [0.2, 0.25) is 5.91 Å². The maximum Gasteiger partial charge on any atom is 0.326 e. The summed E-state index contributed by atoms with van der Waals surface area (Å²) in [5.74, 6) is -1.90. The normalized spacial score (nSPS) is 19.0. The Labute approximate surface area is 138 Å². The number of hydrogen-bond donors (Lipinski definition) is 2. The fraction of sp³-hybridized carbons (Fsp3) is 0.600. The molecule has 0 aromatic carbocycles. The standard InChI is InChI=1S/C15H21N3O4S/c1-8(2)12(17-13(19)10-7-23-9(3)16-10)14(20)18-6-4-5-11(18)15(21)22/h7-8,11-12H,4-6H2,1-3H3,(H,17,19)(H,21,22)/t11-,12?/m0/s1. The van der Waals surface area contributed by atoms with E-state index in [0.29, 0.717) is 19.4 Å². The summed E-state index contributed by atoms with van der Waals surface area (Å²) in [6.07, 6.45) is 1.11. The van der Waals surface area contributed by atoms with Crippen molar-refractivity contribution in [3.05, 3.63) is 16.1 Å². The number of thiazole rings is 1. The van der Waals surface area contributed by atoms with Crippen LogP contribution in [0.2, 0.25) is 0 Å². The van der Waals surface area contributed by atoms with Gasteiger partial charge in [-0.05, 0) is 25.7 Å². The molecule has 2 N–H and O–H groups in total. The van der Waals surface area contributed by atoms with Crippen molar-refractivity contribution in [3.8, 4) is 0 Å². The largest absolute Gasteiger partial charge is 0.480 e. The maximum atomic E-state index is 12.7. The van der Waals surface area contributed by atoms with E-state index >= 15 is 0 Å². The summed E-state index contributed by atoms with van der Waals surface area (Å²) in [6.45, 7) is 5.85. The van der Waals surface area contributed by atoms with Gasteiger partial charge in [-0.1, -0.05) is 13.8 Å². The molecule has 1 aromatic heterocycles. The van der Waals surface area contributed by atoms with E-state index in [4.69, 9.17) is 0 Å². The molecule has 1 aliphatic rings. The van der Waals surface area contributed by atoms with Gasteiger partial charge in [0.1, 0.15) is 17.8 Å². The molecule has 2 rings (SSSR count). The number of carboxylic acid groups (broad SMARTS) is 1. The predicted octanol–water partition coefficient (Wildman–Crippen LogP) is 1.28. The summed E-state index contributed by atoms with van der Waals surface area (Å²) in [4.78, 5) is 41.7. The number of likely N-dealkylation sites (tertiary alicyclic amines) is 1. The number of carbonyl (C=O) groups excluding carboxylic acids is 2. The molecule has 0 saturated carbocycles. The Balaban J connectivity index is 2.13. The molecular formula is C15H21N3O4S. The first kappa shape index (κ1) is 17.4.